The molecule has 0 bridgehead atoms. The highest BCUT2D eigenvalue weighted by Crippen LogP contribution is 2.32. The molecule has 1 saturated carbocycles. The van der Waals surface area contributed by atoms with Crippen LogP contribution in [0.2, 0.25) is 0 Å². The normalized spacial score (nSPS) is 36.5. The first-order chi connectivity index (χ1) is 8.79. The number of nitrogens with zero attached hydrogens (tertiary/aromatic N) is 1. The van der Waals surface area contributed by atoms with Gasteiger partial charge in [-0.1, -0.05) is 25.7 Å². The lowest BCUT2D eigenvalue weighted by molar-refractivity contribution is -0.194. The smallest absolute Gasteiger partial charge is 0.0760 e. The van der Waals surface area contributed by atoms with Crippen LogP contribution in [0.5, 0.6) is 0 Å². The van der Waals surface area contributed by atoms with Crippen LogP contribution >= 0.6 is 0 Å². The fourth-order valence-corrected chi connectivity index (χ4v) is 3.95. The Labute approximate surface area is 118 Å². The van der Waals surface area contributed by atoms with E-state index in [1.54, 1.807) is 0 Å². The molecule has 0 radical (unpaired) electrons. The second kappa shape index (κ2) is 5.71. The summed E-state index contributed by atoms with van der Waals surface area (Å²) in [7, 11) is 0. The average molecular weight is 269 g/mol. The number of morpholine rings is 1. The van der Waals surface area contributed by atoms with Gasteiger partial charge in [0.25, 0.3) is 0 Å². The van der Waals surface area contributed by atoms with Crippen LogP contribution < -0.4 is 0 Å². The van der Waals surface area contributed by atoms with E-state index < -0.39 is 0 Å². The lowest BCUT2D eigenvalue weighted by atomic mass is 9.89. The van der Waals surface area contributed by atoms with Crippen LogP contribution in [0.15, 0.2) is 0 Å². The highest BCUT2D eigenvalue weighted by Gasteiger charge is 2.41. The van der Waals surface area contributed by atoms with E-state index in [2.05, 4.69) is 32.6 Å². The Kier molecular flexibility index (Phi) is 4.59. The van der Waals surface area contributed by atoms with Crippen LogP contribution in [-0.2, 0) is 4.74 Å². The summed E-state index contributed by atoms with van der Waals surface area (Å²) in [6.07, 6.45) is 6.96. The van der Waals surface area contributed by atoms with Gasteiger partial charge in [0, 0.05) is 19.1 Å². The number of rotatable bonds is 1. The van der Waals surface area contributed by atoms with E-state index in [1.165, 1.54) is 25.7 Å². The van der Waals surface area contributed by atoms with Gasteiger partial charge in [-0.05, 0) is 40.5 Å². The average Bonchev–Trinajstić information content (AvgIpc) is 2.19. The van der Waals surface area contributed by atoms with E-state index in [0.29, 0.717) is 6.04 Å². The van der Waals surface area contributed by atoms with Crippen molar-refractivity contribution in [2.24, 2.45) is 0 Å². The Bertz CT molecular complexity index is 285. The Morgan fingerprint density at radius 2 is 1.42 bits per heavy atom. The maximum absolute atomic E-state index is 10.5. The van der Waals surface area contributed by atoms with Crippen molar-refractivity contribution >= 4 is 0 Å². The summed E-state index contributed by atoms with van der Waals surface area (Å²) >= 11 is 0. The maximum atomic E-state index is 10.5. The van der Waals surface area contributed by atoms with E-state index in [-0.39, 0.29) is 17.3 Å². The van der Waals surface area contributed by atoms with Gasteiger partial charge >= 0.3 is 0 Å². The molecule has 2 rings (SSSR count). The van der Waals surface area contributed by atoms with Crippen molar-refractivity contribution in [3.05, 3.63) is 0 Å². The van der Waals surface area contributed by atoms with Crippen LogP contribution in [0.25, 0.3) is 0 Å². The van der Waals surface area contributed by atoms with Gasteiger partial charge in [-0.3, -0.25) is 4.90 Å². The topological polar surface area (TPSA) is 32.7 Å². The summed E-state index contributed by atoms with van der Waals surface area (Å²) in [5.41, 5.74) is -0.242. The molecule has 2 atom stereocenters. The van der Waals surface area contributed by atoms with Gasteiger partial charge in [-0.2, -0.15) is 0 Å². The molecule has 1 saturated heterocycles. The second-order valence-electron chi connectivity index (χ2n) is 7.65. The van der Waals surface area contributed by atoms with E-state index in [4.69, 9.17) is 4.74 Å². The summed E-state index contributed by atoms with van der Waals surface area (Å²) in [5.74, 6) is 0. The van der Waals surface area contributed by atoms with Crippen molar-refractivity contribution in [3.63, 3.8) is 0 Å². The van der Waals surface area contributed by atoms with Gasteiger partial charge in [-0.25, -0.2) is 0 Å². The standard InChI is InChI=1S/C16H31NO2/c1-15(2)11-17(12-16(3,4)19-15)13-9-7-5-6-8-10-14(13)18/h13-14,18H,5-12H2,1-4H3. The molecule has 2 unspecified atom stereocenters. The molecule has 19 heavy (non-hydrogen) atoms. The minimum atomic E-state index is -0.162. The number of aliphatic hydroxyl groups is 1. The third-order valence-electron chi connectivity index (χ3n) is 4.38. The molecule has 112 valence electrons. The third kappa shape index (κ3) is 4.17. The molecular weight excluding hydrogens is 238 g/mol. The van der Waals surface area contributed by atoms with Gasteiger partial charge in [0.1, 0.15) is 0 Å². The second-order valence-corrected chi connectivity index (χ2v) is 7.65. The number of hydrogen-bond acceptors (Lipinski definition) is 3. The van der Waals surface area contributed by atoms with Crippen molar-refractivity contribution in [2.75, 3.05) is 13.1 Å². The molecular formula is C16H31NO2. The van der Waals surface area contributed by atoms with Crippen molar-refractivity contribution in [3.8, 4) is 0 Å². The molecule has 1 N–H and O–H groups in total. The van der Waals surface area contributed by atoms with Crippen LogP contribution in [0.1, 0.15) is 66.2 Å². The molecule has 0 aromatic rings. The molecule has 0 aromatic heterocycles. The zero-order chi connectivity index (χ0) is 14.1. The summed E-state index contributed by atoms with van der Waals surface area (Å²) in [6, 6.07) is 0.322. The quantitative estimate of drug-likeness (QED) is 0.794. The van der Waals surface area contributed by atoms with Crippen molar-refractivity contribution < 1.29 is 9.84 Å². The first-order valence-electron chi connectivity index (χ1n) is 7.91. The van der Waals surface area contributed by atoms with Gasteiger partial charge in [0.2, 0.25) is 0 Å². The molecule has 3 heteroatoms. The van der Waals surface area contributed by atoms with E-state index in [0.717, 1.165) is 25.9 Å². The predicted molar refractivity (Wildman–Crippen MR) is 78.3 cm³/mol. The summed E-state index contributed by atoms with van der Waals surface area (Å²) in [5, 5.41) is 10.5. The fourth-order valence-electron chi connectivity index (χ4n) is 3.95. The highest BCUT2D eigenvalue weighted by molar-refractivity contribution is 4.94. The van der Waals surface area contributed by atoms with Crippen molar-refractivity contribution in [2.45, 2.75) is 89.6 Å². The fraction of sp³-hybridized carbons (Fsp3) is 1.00. The molecule has 0 spiro atoms. The summed E-state index contributed by atoms with van der Waals surface area (Å²) < 4.78 is 6.15. The number of aliphatic hydroxyl groups excluding tert-OH is 1. The zero-order valence-corrected chi connectivity index (χ0v) is 13.1. The molecule has 2 aliphatic rings. The Hall–Kier alpha value is -0.120. The molecule has 0 aromatic carbocycles. The Morgan fingerprint density at radius 3 is 2.00 bits per heavy atom. The molecule has 1 heterocycles. The van der Waals surface area contributed by atoms with Gasteiger partial charge in [0.15, 0.2) is 0 Å². The summed E-state index contributed by atoms with van der Waals surface area (Å²) in [4.78, 5) is 2.49. The van der Waals surface area contributed by atoms with E-state index >= 15 is 0 Å². The molecule has 0 amide bonds. The van der Waals surface area contributed by atoms with Crippen molar-refractivity contribution in [1.82, 2.24) is 4.90 Å². The molecule has 2 fully saturated rings. The minimum Gasteiger partial charge on any atom is -0.391 e. The highest BCUT2D eigenvalue weighted by atomic mass is 16.5. The minimum absolute atomic E-state index is 0.121. The lowest BCUT2D eigenvalue weighted by Crippen LogP contribution is -2.61. The number of ether oxygens (including phenoxy) is 1. The van der Waals surface area contributed by atoms with Crippen molar-refractivity contribution in [1.29, 1.82) is 0 Å². The van der Waals surface area contributed by atoms with Crippen LogP contribution in [0.3, 0.4) is 0 Å². The van der Waals surface area contributed by atoms with Gasteiger partial charge in [-0.15, -0.1) is 0 Å². The molecule has 1 aliphatic carbocycles. The predicted octanol–water partition coefficient (Wildman–Crippen LogP) is 2.96. The molecule has 1 aliphatic heterocycles. The molecule has 3 nitrogen and oxygen atoms in total. The summed E-state index contributed by atoms with van der Waals surface area (Å²) in [6.45, 7) is 10.5. The van der Waals surface area contributed by atoms with Crippen LogP contribution in [-0.4, -0.2) is 46.4 Å². The van der Waals surface area contributed by atoms with Gasteiger partial charge in [0.05, 0.1) is 17.3 Å². The first kappa shape index (κ1) is 15.3. The monoisotopic (exact) mass is 269 g/mol. The largest absolute Gasteiger partial charge is 0.391 e. The van der Waals surface area contributed by atoms with E-state index in [9.17, 15) is 5.11 Å². The lowest BCUT2D eigenvalue weighted by Gasteiger charge is -2.50. The number of hydrogen-bond donors (Lipinski definition) is 1. The first-order valence-corrected chi connectivity index (χ1v) is 7.91. The Balaban J connectivity index is 2.09. The van der Waals surface area contributed by atoms with Gasteiger partial charge < -0.3 is 9.84 Å². The Morgan fingerprint density at radius 1 is 0.895 bits per heavy atom. The maximum Gasteiger partial charge on any atom is 0.0760 e. The zero-order valence-electron chi connectivity index (χ0n) is 13.1. The van der Waals surface area contributed by atoms with E-state index in [1.807, 2.05) is 0 Å². The third-order valence-corrected chi connectivity index (χ3v) is 4.38. The van der Waals surface area contributed by atoms with Crippen LogP contribution in [0.4, 0.5) is 0 Å². The SMILES string of the molecule is CC1(C)CN(C2CCCCCCC2O)CC(C)(C)O1. The van der Waals surface area contributed by atoms with Crippen LogP contribution in [0, 0.1) is 0 Å².